The van der Waals surface area contributed by atoms with Crippen LogP contribution in [0.1, 0.15) is 28.7 Å². The third kappa shape index (κ3) is 4.37. The van der Waals surface area contributed by atoms with Crippen LogP contribution in [0.15, 0.2) is 48.8 Å². The molecule has 0 spiro atoms. The number of aryl methyl sites for hydroxylation is 1. The standard InChI is InChI=1S/C17H18N6O2/c1-2-23-16(20-21-22-23)12-25-15-7-3-6-14(9-15)17(24)19-11-13-5-4-8-18-10-13/h3-10H,2,11-12H2,1H3,(H,19,24). The van der Waals surface area contributed by atoms with Gasteiger partial charge in [0.2, 0.25) is 0 Å². The third-order valence-electron chi connectivity index (χ3n) is 3.55. The van der Waals surface area contributed by atoms with Crippen LogP contribution in [0.4, 0.5) is 0 Å². The van der Waals surface area contributed by atoms with Gasteiger partial charge >= 0.3 is 0 Å². The highest BCUT2D eigenvalue weighted by molar-refractivity contribution is 5.94. The Morgan fingerprint density at radius 1 is 1.28 bits per heavy atom. The van der Waals surface area contributed by atoms with Gasteiger partial charge in [-0.15, -0.1) is 5.10 Å². The molecular formula is C17H18N6O2. The summed E-state index contributed by atoms with van der Waals surface area (Å²) in [5.41, 5.74) is 1.46. The van der Waals surface area contributed by atoms with Gasteiger partial charge in [0.25, 0.3) is 5.91 Å². The highest BCUT2D eigenvalue weighted by Gasteiger charge is 2.09. The molecule has 3 aromatic rings. The molecule has 25 heavy (non-hydrogen) atoms. The number of tetrazole rings is 1. The zero-order valence-electron chi connectivity index (χ0n) is 13.8. The number of aromatic nitrogens is 5. The average molecular weight is 338 g/mol. The number of rotatable bonds is 7. The fourth-order valence-corrected chi connectivity index (χ4v) is 2.23. The van der Waals surface area contributed by atoms with Crippen LogP contribution in [0.25, 0.3) is 0 Å². The molecule has 1 aromatic carbocycles. The molecule has 0 atom stereocenters. The molecule has 0 fully saturated rings. The van der Waals surface area contributed by atoms with Gasteiger partial charge in [0.15, 0.2) is 5.82 Å². The Kier molecular flexibility index (Phi) is 5.30. The quantitative estimate of drug-likeness (QED) is 0.703. The van der Waals surface area contributed by atoms with Crippen LogP contribution in [-0.2, 0) is 19.7 Å². The van der Waals surface area contributed by atoms with Gasteiger partial charge in [-0.2, -0.15) is 0 Å². The van der Waals surface area contributed by atoms with Gasteiger partial charge in [-0.1, -0.05) is 12.1 Å². The molecule has 8 heteroatoms. The molecule has 0 bridgehead atoms. The minimum absolute atomic E-state index is 0.173. The van der Waals surface area contributed by atoms with E-state index in [0.717, 1.165) is 5.56 Å². The summed E-state index contributed by atoms with van der Waals surface area (Å²) >= 11 is 0. The van der Waals surface area contributed by atoms with Crippen molar-refractivity contribution in [2.24, 2.45) is 0 Å². The fraction of sp³-hybridized carbons (Fsp3) is 0.235. The number of carbonyl (C=O) groups is 1. The normalized spacial score (nSPS) is 10.4. The van der Waals surface area contributed by atoms with E-state index in [9.17, 15) is 4.79 Å². The Bertz CT molecular complexity index is 834. The van der Waals surface area contributed by atoms with E-state index >= 15 is 0 Å². The fourth-order valence-electron chi connectivity index (χ4n) is 2.23. The van der Waals surface area contributed by atoms with Gasteiger partial charge in [0, 0.05) is 31.0 Å². The number of pyridine rings is 1. The van der Waals surface area contributed by atoms with E-state index in [1.165, 1.54) is 0 Å². The van der Waals surface area contributed by atoms with E-state index in [1.54, 1.807) is 41.3 Å². The number of hydrogen-bond donors (Lipinski definition) is 1. The third-order valence-corrected chi connectivity index (χ3v) is 3.55. The molecule has 1 amide bonds. The van der Waals surface area contributed by atoms with E-state index in [-0.39, 0.29) is 12.5 Å². The second-order valence-corrected chi connectivity index (χ2v) is 5.27. The Hall–Kier alpha value is -3.29. The zero-order valence-corrected chi connectivity index (χ0v) is 13.8. The lowest BCUT2D eigenvalue weighted by molar-refractivity contribution is 0.0950. The van der Waals surface area contributed by atoms with Crippen LogP contribution in [0.5, 0.6) is 5.75 Å². The number of carbonyl (C=O) groups excluding carboxylic acids is 1. The van der Waals surface area contributed by atoms with Crippen molar-refractivity contribution in [1.82, 2.24) is 30.5 Å². The van der Waals surface area contributed by atoms with Crippen molar-refractivity contribution < 1.29 is 9.53 Å². The summed E-state index contributed by atoms with van der Waals surface area (Å²) in [5, 5.41) is 14.2. The smallest absolute Gasteiger partial charge is 0.251 e. The molecule has 1 N–H and O–H groups in total. The van der Waals surface area contributed by atoms with Crippen molar-refractivity contribution in [2.45, 2.75) is 26.6 Å². The van der Waals surface area contributed by atoms with E-state index in [1.807, 2.05) is 19.1 Å². The molecule has 0 aliphatic carbocycles. The Morgan fingerprint density at radius 2 is 2.20 bits per heavy atom. The second kappa shape index (κ2) is 8.00. The number of ether oxygens (including phenoxy) is 1. The first kappa shape index (κ1) is 16.6. The number of nitrogens with one attached hydrogen (secondary N) is 1. The highest BCUT2D eigenvalue weighted by atomic mass is 16.5. The first-order valence-electron chi connectivity index (χ1n) is 7.91. The van der Waals surface area contributed by atoms with Crippen LogP contribution in [0.2, 0.25) is 0 Å². The minimum Gasteiger partial charge on any atom is -0.486 e. The minimum atomic E-state index is -0.173. The molecule has 0 radical (unpaired) electrons. The summed E-state index contributed by atoms with van der Waals surface area (Å²) in [4.78, 5) is 16.3. The maximum absolute atomic E-state index is 12.3. The second-order valence-electron chi connectivity index (χ2n) is 5.27. The van der Waals surface area contributed by atoms with Gasteiger partial charge < -0.3 is 10.1 Å². The zero-order chi connectivity index (χ0) is 17.5. The molecule has 0 aliphatic heterocycles. The highest BCUT2D eigenvalue weighted by Crippen LogP contribution is 2.15. The Balaban J connectivity index is 1.59. The molecule has 0 saturated heterocycles. The van der Waals surface area contributed by atoms with Gasteiger partial charge in [-0.3, -0.25) is 9.78 Å². The number of hydrogen-bond acceptors (Lipinski definition) is 6. The summed E-state index contributed by atoms with van der Waals surface area (Å²) in [6.45, 7) is 3.28. The van der Waals surface area contributed by atoms with Crippen LogP contribution in [0.3, 0.4) is 0 Å². The first-order chi connectivity index (χ1) is 12.3. The maximum Gasteiger partial charge on any atom is 0.251 e. The topological polar surface area (TPSA) is 94.8 Å². The predicted octanol–water partition coefficient (Wildman–Crippen LogP) is 1.60. The molecule has 0 saturated carbocycles. The molecule has 3 rings (SSSR count). The molecule has 2 aromatic heterocycles. The maximum atomic E-state index is 12.3. The molecule has 2 heterocycles. The van der Waals surface area contributed by atoms with Crippen LogP contribution in [-0.4, -0.2) is 31.1 Å². The molecule has 8 nitrogen and oxygen atoms in total. The van der Waals surface area contributed by atoms with Crippen LogP contribution < -0.4 is 10.1 Å². The van der Waals surface area contributed by atoms with Crippen molar-refractivity contribution in [3.63, 3.8) is 0 Å². The number of nitrogens with zero attached hydrogens (tertiary/aromatic N) is 5. The van der Waals surface area contributed by atoms with Gasteiger partial charge in [-0.05, 0) is 47.2 Å². The van der Waals surface area contributed by atoms with Gasteiger partial charge in [0.05, 0.1) is 0 Å². The monoisotopic (exact) mass is 338 g/mol. The summed E-state index contributed by atoms with van der Waals surface area (Å²) in [6.07, 6.45) is 3.42. The van der Waals surface area contributed by atoms with Crippen molar-refractivity contribution in [1.29, 1.82) is 0 Å². The largest absolute Gasteiger partial charge is 0.486 e. The number of benzene rings is 1. The first-order valence-corrected chi connectivity index (χ1v) is 7.91. The van der Waals surface area contributed by atoms with E-state index in [2.05, 4.69) is 25.8 Å². The molecule has 0 aliphatic rings. The van der Waals surface area contributed by atoms with Crippen molar-refractivity contribution in [2.75, 3.05) is 0 Å². The van der Waals surface area contributed by atoms with Gasteiger partial charge in [-0.25, -0.2) is 4.68 Å². The van der Waals surface area contributed by atoms with E-state index in [0.29, 0.717) is 30.2 Å². The van der Waals surface area contributed by atoms with Crippen molar-refractivity contribution >= 4 is 5.91 Å². The molecule has 128 valence electrons. The van der Waals surface area contributed by atoms with Crippen molar-refractivity contribution in [3.8, 4) is 5.75 Å². The van der Waals surface area contributed by atoms with E-state index in [4.69, 9.17) is 4.74 Å². The Labute approximate surface area is 144 Å². The summed E-state index contributed by atoms with van der Waals surface area (Å²) in [5.74, 6) is 1.04. The van der Waals surface area contributed by atoms with E-state index < -0.39 is 0 Å². The van der Waals surface area contributed by atoms with Crippen molar-refractivity contribution in [3.05, 3.63) is 65.7 Å². The molecule has 0 unspecified atom stereocenters. The Morgan fingerprint density at radius 3 is 3.00 bits per heavy atom. The van der Waals surface area contributed by atoms with Crippen LogP contribution >= 0.6 is 0 Å². The summed E-state index contributed by atoms with van der Waals surface area (Å²) < 4.78 is 7.35. The summed E-state index contributed by atoms with van der Waals surface area (Å²) in [7, 11) is 0. The lowest BCUT2D eigenvalue weighted by Crippen LogP contribution is -2.22. The summed E-state index contributed by atoms with van der Waals surface area (Å²) in [6, 6.07) is 10.7. The average Bonchev–Trinajstić information content (AvgIpc) is 3.13. The lowest BCUT2D eigenvalue weighted by Gasteiger charge is -2.08. The SMILES string of the molecule is CCn1nnnc1COc1cccc(C(=O)NCc2cccnc2)c1. The number of amides is 1. The predicted molar refractivity (Wildman–Crippen MR) is 89.7 cm³/mol. The molecular weight excluding hydrogens is 320 g/mol. The van der Waals surface area contributed by atoms with Crippen LogP contribution in [0, 0.1) is 0 Å². The van der Waals surface area contributed by atoms with Gasteiger partial charge in [0.1, 0.15) is 12.4 Å². The lowest BCUT2D eigenvalue weighted by atomic mass is 10.2.